The van der Waals surface area contributed by atoms with Gasteiger partial charge in [0.25, 0.3) is 5.89 Å². The molecule has 0 aliphatic carbocycles. The summed E-state index contributed by atoms with van der Waals surface area (Å²) in [6, 6.07) is 6.29. The maximum absolute atomic E-state index is 14.5. The Bertz CT molecular complexity index is 1150. The van der Waals surface area contributed by atoms with E-state index in [-0.39, 0.29) is 18.0 Å². The van der Waals surface area contributed by atoms with Crippen molar-refractivity contribution in [1.82, 2.24) is 30.1 Å². The van der Waals surface area contributed by atoms with E-state index in [1.807, 2.05) is 19.5 Å². The molecular weight excluding hydrogens is 417 g/mol. The van der Waals surface area contributed by atoms with E-state index in [1.54, 1.807) is 17.5 Å². The van der Waals surface area contributed by atoms with Crippen molar-refractivity contribution in [3.8, 4) is 22.7 Å². The van der Waals surface area contributed by atoms with Gasteiger partial charge in [-0.05, 0) is 32.3 Å². The molecule has 3 heterocycles. The number of hydrogen-bond donors (Lipinski definition) is 0. The Morgan fingerprint density at radius 1 is 1.13 bits per heavy atom. The Labute approximate surface area is 173 Å². The highest BCUT2D eigenvalue weighted by Gasteiger charge is 2.18. The fourth-order valence-corrected chi connectivity index (χ4v) is 3.83. The van der Waals surface area contributed by atoms with Gasteiger partial charge >= 0.3 is 6.43 Å². The van der Waals surface area contributed by atoms with Gasteiger partial charge in [0.15, 0.2) is 0 Å². The Kier molecular flexibility index (Phi) is 5.64. The number of alkyl halides is 2. The van der Waals surface area contributed by atoms with E-state index >= 15 is 0 Å². The zero-order chi connectivity index (χ0) is 21.3. The molecule has 0 saturated heterocycles. The summed E-state index contributed by atoms with van der Waals surface area (Å²) in [7, 11) is 4.01. The SMILES string of the molecule is CN(C)Cc1cc(-c2cn(Cc3ccc(-c4nnc(C(F)F)o4)cc3F)nn2)cs1. The number of halogens is 3. The first kappa shape index (κ1) is 20.2. The van der Waals surface area contributed by atoms with Gasteiger partial charge in [-0.1, -0.05) is 11.3 Å². The summed E-state index contributed by atoms with van der Waals surface area (Å²) in [5.41, 5.74) is 2.26. The monoisotopic (exact) mass is 434 g/mol. The maximum atomic E-state index is 14.5. The maximum Gasteiger partial charge on any atom is 0.314 e. The van der Waals surface area contributed by atoms with Crippen molar-refractivity contribution in [2.24, 2.45) is 0 Å². The Balaban J connectivity index is 1.49. The lowest BCUT2D eigenvalue weighted by molar-refractivity contribution is 0.116. The molecule has 1 aromatic carbocycles. The highest BCUT2D eigenvalue weighted by molar-refractivity contribution is 7.10. The molecule has 0 atom stereocenters. The first-order valence-electron chi connectivity index (χ1n) is 8.92. The molecule has 11 heteroatoms. The summed E-state index contributed by atoms with van der Waals surface area (Å²) in [5.74, 6) is -1.50. The molecule has 7 nitrogen and oxygen atoms in total. The van der Waals surface area contributed by atoms with Gasteiger partial charge in [0.2, 0.25) is 5.89 Å². The first-order valence-corrected chi connectivity index (χ1v) is 9.80. The highest BCUT2D eigenvalue weighted by Crippen LogP contribution is 2.26. The zero-order valence-electron chi connectivity index (χ0n) is 16.1. The van der Waals surface area contributed by atoms with Crippen LogP contribution in [0.1, 0.15) is 22.8 Å². The molecule has 0 N–H and O–H groups in total. The molecule has 0 spiro atoms. The second-order valence-corrected chi connectivity index (χ2v) is 7.89. The van der Waals surface area contributed by atoms with Crippen LogP contribution in [0.5, 0.6) is 0 Å². The Morgan fingerprint density at radius 2 is 1.97 bits per heavy atom. The topological polar surface area (TPSA) is 72.9 Å². The van der Waals surface area contributed by atoms with Crippen molar-refractivity contribution >= 4 is 11.3 Å². The molecule has 4 aromatic rings. The molecule has 0 saturated carbocycles. The Morgan fingerprint density at radius 3 is 2.67 bits per heavy atom. The van der Waals surface area contributed by atoms with Crippen LogP contribution in [0.15, 0.2) is 40.3 Å². The van der Waals surface area contributed by atoms with Crippen LogP contribution in [-0.4, -0.2) is 44.2 Å². The minimum atomic E-state index is -2.88. The molecule has 156 valence electrons. The number of aromatic nitrogens is 5. The highest BCUT2D eigenvalue weighted by atomic mass is 32.1. The predicted molar refractivity (Wildman–Crippen MR) is 104 cm³/mol. The fraction of sp³-hybridized carbons (Fsp3) is 0.263. The van der Waals surface area contributed by atoms with Crippen LogP contribution in [0.25, 0.3) is 22.7 Å². The summed E-state index contributed by atoms with van der Waals surface area (Å²) in [6.07, 6.45) is -1.12. The molecule has 3 aromatic heterocycles. The van der Waals surface area contributed by atoms with Gasteiger partial charge in [-0.2, -0.15) is 8.78 Å². The van der Waals surface area contributed by atoms with Gasteiger partial charge in [-0.15, -0.1) is 26.6 Å². The van der Waals surface area contributed by atoms with Gasteiger partial charge < -0.3 is 9.32 Å². The predicted octanol–water partition coefficient (Wildman–Crippen LogP) is 4.24. The summed E-state index contributed by atoms with van der Waals surface area (Å²) >= 11 is 1.65. The van der Waals surface area contributed by atoms with Crippen molar-refractivity contribution in [1.29, 1.82) is 0 Å². The fourth-order valence-electron chi connectivity index (χ4n) is 2.84. The molecule has 0 radical (unpaired) electrons. The second-order valence-electron chi connectivity index (χ2n) is 6.89. The van der Waals surface area contributed by atoms with Crippen molar-refractivity contribution in [3.63, 3.8) is 0 Å². The molecule has 4 rings (SSSR count). The van der Waals surface area contributed by atoms with E-state index in [0.717, 1.165) is 12.1 Å². The lowest BCUT2D eigenvalue weighted by Gasteiger charge is -2.05. The van der Waals surface area contributed by atoms with Crippen molar-refractivity contribution in [2.45, 2.75) is 19.5 Å². The van der Waals surface area contributed by atoms with Crippen LogP contribution >= 0.6 is 11.3 Å². The number of rotatable bonds is 7. The van der Waals surface area contributed by atoms with Crippen LogP contribution in [0, 0.1) is 5.82 Å². The third-order valence-electron chi connectivity index (χ3n) is 4.22. The minimum absolute atomic E-state index is 0.162. The van der Waals surface area contributed by atoms with Crippen molar-refractivity contribution < 1.29 is 17.6 Å². The number of benzene rings is 1. The van der Waals surface area contributed by atoms with Crippen LogP contribution < -0.4 is 0 Å². The molecule has 0 aliphatic rings. The summed E-state index contributed by atoms with van der Waals surface area (Å²) in [4.78, 5) is 3.30. The van der Waals surface area contributed by atoms with Gasteiger partial charge in [-0.25, -0.2) is 9.07 Å². The molecule has 0 aliphatic heterocycles. The molecular formula is C19H17F3N6OS. The number of hydrogen-bond acceptors (Lipinski definition) is 7. The smallest absolute Gasteiger partial charge is 0.314 e. The van der Waals surface area contributed by atoms with Gasteiger partial charge in [0.1, 0.15) is 11.5 Å². The Hall–Kier alpha value is -3.05. The molecule has 0 fully saturated rings. The standard InChI is InChI=1S/C19H17F3N6OS/c1-27(2)8-14-5-13(10-30-14)16-9-28(26-23-16)7-12-4-3-11(6-15(12)20)18-24-25-19(29-18)17(21)22/h3-6,9-10,17H,7-8H2,1-2H3. The van der Waals surface area contributed by atoms with E-state index in [2.05, 4.69) is 31.5 Å². The van der Waals surface area contributed by atoms with Crippen molar-refractivity contribution in [3.05, 3.63) is 58.0 Å². The van der Waals surface area contributed by atoms with Crippen LogP contribution in [0.3, 0.4) is 0 Å². The molecule has 0 bridgehead atoms. The summed E-state index contributed by atoms with van der Waals surface area (Å²) in [5, 5.41) is 17.0. The lowest BCUT2D eigenvalue weighted by Crippen LogP contribution is -2.09. The number of nitrogens with zero attached hydrogens (tertiary/aromatic N) is 6. The van der Waals surface area contributed by atoms with Gasteiger partial charge in [0.05, 0.1) is 12.7 Å². The van der Waals surface area contributed by atoms with E-state index in [0.29, 0.717) is 11.3 Å². The molecule has 30 heavy (non-hydrogen) atoms. The van der Waals surface area contributed by atoms with E-state index in [1.165, 1.54) is 27.8 Å². The largest absolute Gasteiger partial charge is 0.415 e. The number of thiophene rings is 1. The zero-order valence-corrected chi connectivity index (χ0v) is 16.9. The van der Waals surface area contributed by atoms with Gasteiger partial charge in [0, 0.05) is 33.5 Å². The van der Waals surface area contributed by atoms with E-state index < -0.39 is 18.1 Å². The van der Waals surface area contributed by atoms with Crippen molar-refractivity contribution in [2.75, 3.05) is 14.1 Å². The summed E-state index contributed by atoms with van der Waals surface area (Å²) in [6.45, 7) is 1.01. The van der Waals surface area contributed by atoms with Crippen LogP contribution in [-0.2, 0) is 13.1 Å². The van der Waals surface area contributed by atoms with E-state index in [9.17, 15) is 13.2 Å². The third-order valence-corrected chi connectivity index (χ3v) is 5.14. The van der Waals surface area contributed by atoms with Crippen LogP contribution in [0.4, 0.5) is 13.2 Å². The van der Waals surface area contributed by atoms with Crippen LogP contribution in [0.2, 0.25) is 0 Å². The first-order chi connectivity index (χ1) is 14.4. The normalized spacial score (nSPS) is 11.7. The summed E-state index contributed by atoms with van der Waals surface area (Å²) < 4.78 is 46.1. The minimum Gasteiger partial charge on any atom is -0.415 e. The second kappa shape index (κ2) is 8.36. The third kappa shape index (κ3) is 4.41. The quantitative estimate of drug-likeness (QED) is 0.433. The average molecular weight is 434 g/mol. The van der Waals surface area contributed by atoms with Gasteiger partial charge in [-0.3, -0.25) is 0 Å². The molecule has 0 amide bonds. The van der Waals surface area contributed by atoms with E-state index in [4.69, 9.17) is 4.42 Å². The average Bonchev–Trinajstić information content (AvgIpc) is 3.43. The molecule has 0 unspecified atom stereocenters. The lowest BCUT2D eigenvalue weighted by atomic mass is 10.1.